The number of rotatable bonds is 6. The van der Waals surface area contributed by atoms with Gasteiger partial charge in [0.25, 0.3) is 0 Å². The Morgan fingerprint density at radius 3 is 2.33 bits per heavy atom. The number of benzene rings is 1. The van der Waals surface area contributed by atoms with Crippen LogP contribution in [-0.2, 0) is 0 Å². The van der Waals surface area contributed by atoms with E-state index in [1.807, 2.05) is 26.0 Å². The van der Waals surface area contributed by atoms with Gasteiger partial charge in [-0.25, -0.2) is 0 Å². The molecule has 0 N–H and O–H groups in total. The maximum absolute atomic E-state index is 6.49. The molecule has 0 amide bonds. The lowest BCUT2D eigenvalue weighted by Crippen LogP contribution is -2.11. The molecule has 2 rings (SSSR count). The first kappa shape index (κ1) is 17.0. The van der Waals surface area contributed by atoms with Crippen molar-refractivity contribution in [2.75, 3.05) is 13.2 Å². The van der Waals surface area contributed by atoms with Crippen LogP contribution in [0.15, 0.2) is 12.1 Å². The third kappa shape index (κ3) is 3.87. The van der Waals surface area contributed by atoms with Crippen LogP contribution in [0.1, 0.15) is 50.4 Å². The van der Waals surface area contributed by atoms with Crippen molar-refractivity contribution in [2.24, 2.45) is 11.8 Å². The van der Waals surface area contributed by atoms with Crippen LogP contribution in [0.5, 0.6) is 11.5 Å². The monoisotopic (exact) mass is 374 g/mol. The molecule has 3 atom stereocenters. The molecular formula is C17H24BrClO2. The average Bonchev–Trinajstić information content (AvgIpc) is 2.87. The highest BCUT2D eigenvalue weighted by Crippen LogP contribution is 2.48. The van der Waals surface area contributed by atoms with Gasteiger partial charge in [-0.2, -0.15) is 0 Å². The van der Waals surface area contributed by atoms with E-state index in [0.717, 1.165) is 28.0 Å². The fourth-order valence-corrected chi connectivity index (χ4v) is 4.71. The van der Waals surface area contributed by atoms with E-state index in [9.17, 15) is 0 Å². The zero-order chi connectivity index (χ0) is 15.4. The quantitative estimate of drug-likeness (QED) is 0.567. The molecule has 0 aromatic heterocycles. The van der Waals surface area contributed by atoms with Gasteiger partial charge in [-0.3, -0.25) is 0 Å². The van der Waals surface area contributed by atoms with Crippen LogP contribution in [0.25, 0.3) is 0 Å². The summed E-state index contributed by atoms with van der Waals surface area (Å²) in [5.41, 5.74) is 1.11. The molecule has 4 heteroatoms. The van der Waals surface area contributed by atoms with Crippen LogP contribution in [0.3, 0.4) is 0 Å². The molecule has 1 aliphatic rings. The van der Waals surface area contributed by atoms with Crippen LogP contribution in [-0.4, -0.2) is 13.2 Å². The Balaban J connectivity index is 2.31. The fourth-order valence-electron chi connectivity index (χ4n) is 3.14. The SMILES string of the molecule is CCOc1cc(Cl)c(C(Br)C2CCCC2C)cc1OCC. The summed E-state index contributed by atoms with van der Waals surface area (Å²) in [5.74, 6) is 2.88. The van der Waals surface area contributed by atoms with Gasteiger partial charge in [0.2, 0.25) is 0 Å². The summed E-state index contributed by atoms with van der Waals surface area (Å²) in [5, 5.41) is 0.753. The van der Waals surface area contributed by atoms with Gasteiger partial charge in [-0.15, -0.1) is 0 Å². The van der Waals surface area contributed by atoms with Crippen LogP contribution < -0.4 is 9.47 Å². The number of ether oxygens (including phenoxy) is 2. The molecule has 0 saturated heterocycles. The molecule has 21 heavy (non-hydrogen) atoms. The van der Waals surface area contributed by atoms with Gasteiger partial charge >= 0.3 is 0 Å². The van der Waals surface area contributed by atoms with Gasteiger partial charge in [0.1, 0.15) is 0 Å². The summed E-state index contributed by atoms with van der Waals surface area (Å²) in [6, 6.07) is 3.93. The third-order valence-electron chi connectivity index (χ3n) is 4.26. The van der Waals surface area contributed by atoms with Crippen molar-refractivity contribution >= 4 is 27.5 Å². The number of alkyl halides is 1. The van der Waals surface area contributed by atoms with Crippen LogP contribution >= 0.6 is 27.5 Å². The zero-order valence-corrected chi connectivity index (χ0v) is 15.3. The molecular weight excluding hydrogens is 352 g/mol. The highest BCUT2D eigenvalue weighted by atomic mass is 79.9. The molecule has 2 nitrogen and oxygen atoms in total. The fraction of sp³-hybridized carbons (Fsp3) is 0.647. The van der Waals surface area contributed by atoms with E-state index in [1.54, 1.807) is 0 Å². The molecule has 0 spiro atoms. The minimum absolute atomic E-state index is 0.275. The molecule has 1 fully saturated rings. The molecule has 0 bridgehead atoms. The molecule has 3 unspecified atom stereocenters. The Morgan fingerprint density at radius 2 is 1.81 bits per heavy atom. The lowest BCUT2D eigenvalue weighted by molar-refractivity contribution is 0.287. The Labute approximate surface area is 141 Å². The van der Waals surface area contributed by atoms with Gasteiger partial charge in [0.15, 0.2) is 11.5 Å². The van der Waals surface area contributed by atoms with Gasteiger partial charge in [-0.1, -0.05) is 47.3 Å². The molecule has 118 valence electrons. The van der Waals surface area contributed by atoms with E-state index in [1.165, 1.54) is 19.3 Å². The van der Waals surface area contributed by atoms with E-state index in [2.05, 4.69) is 22.9 Å². The average molecular weight is 376 g/mol. The van der Waals surface area contributed by atoms with E-state index >= 15 is 0 Å². The lowest BCUT2D eigenvalue weighted by Gasteiger charge is -2.24. The summed E-state index contributed by atoms with van der Waals surface area (Å²) < 4.78 is 11.3. The Hall–Kier alpha value is -0.410. The third-order valence-corrected chi connectivity index (χ3v) is 5.76. The lowest BCUT2D eigenvalue weighted by atomic mass is 9.90. The standard InChI is InChI=1S/C17H24BrClO2/c1-4-20-15-9-13(14(19)10-16(15)21-5-2)17(18)12-8-6-7-11(12)3/h9-12,17H,4-8H2,1-3H3. The molecule has 1 aromatic rings. The van der Waals surface area contributed by atoms with Gasteiger partial charge in [-0.05, 0) is 43.7 Å². The van der Waals surface area contributed by atoms with Crippen LogP contribution in [0.4, 0.5) is 0 Å². The van der Waals surface area contributed by atoms with Crippen molar-refractivity contribution in [3.8, 4) is 11.5 Å². The van der Waals surface area contributed by atoms with Crippen molar-refractivity contribution in [1.29, 1.82) is 0 Å². The molecule has 1 aliphatic carbocycles. The summed E-state index contributed by atoms with van der Waals surface area (Å²) in [6.45, 7) is 7.50. The molecule has 0 heterocycles. The largest absolute Gasteiger partial charge is 0.490 e. The van der Waals surface area contributed by atoms with Gasteiger partial charge in [0.05, 0.1) is 13.2 Å². The van der Waals surface area contributed by atoms with Gasteiger partial charge in [0, 0.05) is 15.9 Å². The minimum atomic E-state index is 0.275. The highest BCUT2D eigenvalue weighted by molar-refractivity contribution is 9.09. The maximum Gasteiger partial charge on any atom is 0.162 e. The first-order valence-electron chi connectivity index (χ1n) is 7.81. The van der Waals surface area contributed by atoms with Crippen LogP contribution in [0, 0.1) is 11.8 Å². The Kier molecular flexibility index (Phi) is 6.24. The van der Waals surface area contributed by atoms with Gasteiger partial charge < -0.3 is 9.47 Å². The van der Waals surface area contributed by atoms with E-state index in [-0.39, 0.29) is 4.83 Å². The van der Waals surface area contributed by atoms with E-state index in [4.69, 9.17) is 21.1 Å². The second kappa shape index (κ2) is 7.73. The summed E-state index contributed by atoms with van der Waals surface area (Å²) in [4.78, 5) is 0.275. The maximum atomic E-state index is 6.49. The summed E-state index contributed by atoms with van der Waals surface area (Å²) in [7, 11) is 0. The second-order valence-corrected chi connectivity index (χ2v) is 7.05. The smallest absolute Gasteiger partial charge is 0.162 e. The van der Waals surface area contributed by atoms with Crippen LogP contribution in [0.2, 0.25) is 5.02 Å². The molecule has 0 radical (unpaired) electrons. The van der Waals surface area contributed by atoms with Crippen molar-refractivity contribution < 1.29 is 9.47 Å². The first-order chi connectivity index (χ1) is 10.1. The van der Waals surface area contributed by atoms with E-state index < -0.39 is 0 Å². The van der Waals surface area contributed by atoms with Crippen molar-refractivity contribution in [3.05, 3.63) is 22.7 Å². The van der Waals surface area contributed by atoms with E-state index in [0.29, 0.717) is 19.1 Å². The summed E-state index contributed by atoms with van der Waals surface area (Å²) >= 11 is 10.4. The number of hydrogen-bond acceptors (Lipinski definition) is 2. The molecule has 0 aliphatic heterocycles. The summed E-state index contributed by atoms with van der Waals surface area (Å²) in [6.07, 6.45) is 3.87. The number of halogens is 2. The predicted molar refractivity (Wildman–Crippen MR) is 92.0 cm³/mol. The Morgan fingerprint density at radius 1 is 1.19 bits per heavy atom. The normalized spacial score (nSPS) is 23.1. The highest BCUT2D eigenvalue weighted by Gasteiger charge is 2.32. The van der Waals surface area contributed by atoms with Crippen molar-refractivity contribution in [1.82, 2.24) is 0 Å². The number of hydrogen-bond donors (Lipinski definition) is 0. The van der Waals surface area contributed by atoms with Crippen molar-refractivity contribution in [2.45, 2.75) is 44.9 Å². The zero-order valence-electron chi connectivity index (χ0n) is 13.0. The molecule has 1 aromatic carbocycles. The second-order valence-electron chi connectivity index (χ2n) is 5.66. The molecule has 1 saturated carbocycles. The first-order valence-corrected chi connectivity index (χ1v) is 9.10. The van der Waals surface area contributed by atoms with Crippen molar-refractivity contribution in [3.63, 3.8) is 0 Å². The Bertz CT molecular complexity index is 478. The topological polar surface area (TPSA) is 18.5 Å². The minimum Gasteiger partial charge on any atom is -0.490 e. The predicted octanol–water partition coefficient (Wildman–Crippen LogP) is 6.01.